The van der Waals surface area contributed by atoms with E-state index in [1.165, 1.54) is 4.88 Å². The minimum atomic E-state index is 0.0690. The molecule has 25 heavy (non-hydrogen) atoms. The van der Waals surface area contributed by atoms with Crippen molar-refractivity contribution in [3.05, 3.63) is 15.6 Å². The SMILES string of the molecule is CCNC(=NCCc1sc(C)nc1C)N1CCN(C(=O)C(C)C)CC1. The highest BCUT2D eigenvalue weighted by Gasteiger charge is 2.24. The van der Waals surface area contributed by atoms with Gasteiger partial charge in [0.2, 0.25) is 5.91 Å². The quantitative estimate of drug-likeness (QED) is 0.641. The first-order chi connectivity index (χ1) is 11.9. The number of rotatable bonds is 5. The molecule has 1 fully saturated rings. The minimum Gasteiger partial charge on any atom is -0.357 e. The zero-order chi connectivity index (χ0) is 18.4. The monoisotopic (exact) mass is 365 g/mol. The molecule has 0 saturated carbocycles. The number of hydrogen-bond donors (Lipinski definition) is 1. The van der Waals surface area contributed by atoms with E-state index in [1.54, 1.807) is 11.3 Å². The zero-order valence-electron chi connectivity index (χ0n) is 16.1. The highest BCUT2D eigenvalue weighted by molar-refractivity contribution is 7.11. The van der Waals surface area contributed by atoms with E-state index in [0.29, 0.717) is 0 Å². The van der Waals surface area contributed by atoms with E-state index in [2.05, 4.69) is 29.0 Å². The number of carbonyl (C=O) groups excluding carboxylic acids is 1. The number of nitrogens with zero attached hydrogens (tertiary/aromatic N) is 4. The van der Waals surface area contributed by atoms with Gasteiger partial charge in [0, 0.05) is 56.5 Å². The van der Waals surface area contributed by atoms with Crippen molar-refractivity contribution in [2.45, 2.75) is 41.0 Å². The molecule has 1 aliphatic heterocycles. The van der Waals surface area contributed by atoms with Crippen molar-refractivity contribution in [3.8, 4) is 0 Å². The first kappa shape index (κ1) is 19.7. The maximum absolute atomic E-state index is 12.1. The van der Waals surface area contributed by atoms with E-state index in [9.17, 15) is 4.79 Å². The van der Waals surface area contributed by atoms with E-state index < -0.39 is 0 Å². The van der Waals surface area contributed by atoms with Gasteiger partial charge in [-0.3, -0.25) is 9.79 Å². The van der Waals surface area contributed by atoms with Crippen LogP contribution in [0.1, 0.15) is 36.3 Å². The van der Waals surface area contributed by atoms with Gasteiger partial charge in [-0.2, -0.15) is 0 Å². The maximum Gasteiger partial charge on any atom is 0.225 e. The number of nitrogens with one attached hydrogen (secondary N) is 1. The molecule has 1 aliphatic rings. The number of carbonyl (C=O) groups is 1. The van der Waals surface area contributed by atoms with Crippen LogP contribution in [0.25, 0.3) is 0 Å². The Bertz CT molecular complexity index is 603. The molecule has 0 radical (unpaired) electrons. The maximum atomic E-state index is 12.1. The topological polar surface area (TPSA) is 60.8 Å². The van der Waals surface area contributed by atoms with E-state index in [-0.39, 0.29) is 11.8 Å². The Labute approximate surface area is 155 Å². The van der Waals surface area contributed by atoms with Gasteiger partial charge in [0.25, 0.3) is 0 Å². The highest BCUT2D eigenvalue weighted by Crippen LogP contribution is 2.17. The molecular weight excluding hydrogens is 334 g/mol. The van der Waals surface area contributed by atoms with Crippen molar-refractivity contribution in [2.75, 3.05) is 39.3 Å². The average Bonchev–Trinajstić information content (AvgIpc) is 2.91. The van der Waals surface area contributed by atoms with E-state index >= 15 is 0 Å². The van der Waals surface area contributed by atoms with Gasteiger partial charge in [-0.15, -0.1) is 11.3 Å². The molecule has 0 atom stereocenters. The lowest BCUT2D eigenvalue weighted by atomic mass is 10.1. The number of thiazole rings is 1. The standard InChI is InChI=1S/C18H31N5OS/c1-6-19-18(20-8-7-16-14(4)21-15(5)25-16)23-11-9-22(10-12-23)17(24)13(2)3/h13H,6-12H2,1-5H3,(H,19,20). The van der Waals surface area contributed by atoms with Crippen LogP contribution in [0, 0.1) is 19.8 Å². The fraction of sp³-hybridized carbons (Fsp3) is 0.722. The molecule has 0 spiro atoms. The van der Waals surface area contributed by atoms with Gasteiger partial charge in [-0.05, 0) is 20.8 Å². The largest absolute Gasteiger partial charge is 0.357 e. The van der Waals surface area contributed by atoms with Crippen LogP contribution < -0.4 is 5.32 Å². The van der Waals surface area contributed by atoms with Gasteiger partial charge >= 0.3 is 0 Å². The van der Waals surface area contributed by atoms with Crippen LogP contribution in [0.4, 0.5) is 0 Å². The predicted molar refractivity (Wildman–Crippen MR) is 104 cm³/mol. The Morgan fingerprint density at radius 3 is 2.40 bits per heavy atom. The number of guanidine groups is 1. The Kier molecular flexibility index (Phi) is 7.23. The van der Waals surface area contributed by atoms with Crippen molar-refractivity contribution in [3.63, 3.8) is 0 Å². The second-order valence-corrected chi connectivity index (χ2v) is 7.98. The number of aryl methyl sites for hydroxylation is 2. The molecule has 0 aromatic carbocycles. The zero-order valence-corrected chi connectivity index (χ0v) is 16.9. The Hall–Kier alpha value is -1.63. The number of hydrogen-bond acceptors (Lipinski definition) is 4. The highest BCUT2D eigenvalue weighted by atomic mass is 32.1. The molecule has 1 saturated heterocycles. The summed E-state index contributed by atoms with van der Waals surface area (Å²) >= 11 is 1.76. The third-order valence-electron chi connectivity index (χ3n) is 4.32. The minimum absolute atomic E-state index is 0.0690. The van der Waals surface area contributed by atoms with E-state index in [4.69, 9.17) is 4.99 Å². The van der Waals surface area contributed by atoms with Crippen molar-refractivity contribution >= 4 is 23.2 Å². The summed E-state index contributed by atoms with van der Waals surface area (Å²) in [4.78, 5) is 26.9. The van der Waals surface area contributed by atoms with Crippen molar-refractivity contribution in [1.29, 1.82) is 0 Å². The van der Waals surface area contributed by atoms with Crippen LogP contribution >= 0.6 is 11.3 Å². The summed E-state index contributed by atoms with van der Waals surface area (Å²) in [7, 11) is 0. The van der Waals surface area contributed by atoms with Crippen LogP contribution in [0.2, 0.25) is 0 Å². The third kappa shape index (κ3) is 5.42. The van der Waals surface area contributed by atoms with Gasteiger partial charge in [-0.25, -0.2) is 4.98 Å². The Morgan fingerprint density at radius 2 is 1.88 bits per heavy atom. The molecule has 1 aromatic heterocycles. The molecule has 2 rings (SSSR count). The summed E-state index contributed by atoms with van der Waals surface area (Å²) in [5.41, 5.74) is 1.13. The summed E-state index contributed by atoms with van der Waals surface area (Å²) < 4.78 is 0. The van der Waals surface area contributed by atoms with Crippen molar-refractivity contribution < 1.29 is 4.79 Å². The smallest absolute Gasteiger partial charge is 0.225 e. The summed E-state index contributed by atoms with van der Waals surface area (Å²) in [5, 5.41) is 4.51. The predicted octanol–water partition coefficient (Wildman–Crippen LogP) is 2.07. The lowest BCUT2D eigenvalue weighted by Crippen LogP contribution is -2.54. The van der Waals surface area contributed by atoms with Crippen LogP contribution in [0.3, 0.4) is 0 Å². The van der Waals surface area contributed by atoms with Crippen LogP contribution in [-0.2, 0) is 11.2 Å². The summed E-state index contributed by atoms with van der Waals surface area (Å²) in [5.74, 6) is 1.27. The van der Waals surface area contributed by atoms with Crippen LogP contribution in [0.15, 0.2) is 4.99 Å². The number of aromatic nitrogens is 1. The van der Waals surface area contributed by atoms with Gasteiger partial charge in [0.1, 0.15) is 0 Å². The average molecular weight is 366 g/mol. The van der Waals surface area contributed by atoms with E-state index in [0.717, 1.165) is 62.4 Å². The van der Waals surface area contributed by atoms with Gasteiger partial charge in [0.15, 0.2) is 5.96 Å². The summed E-state index contributed by atoms with van der Waals surface area (Å²) in [6.07, 6.45) is 0.929. The van der Waals surface area contributed by atoms with Crippen LogP contribution in [-0.4, -0.2) is 65.9 Å². The van der Waals surface area contributed by atoms with Gasteiger partial charge < -0.3 is 15.1 Å². The molecule has 7 heteroatoms. The lowest BCUT2D eigenvalue weighted by Gasteiger charge is -2.37. The second kappa shape index (κ2) is 9.17. The Balaban J connectivity index is 1.92. The number of piperazine rings is 1. The molecule has 140 valence electrons. The fourth-order valence-corrected chi connectivity index (χ4v) is 3.92. The first-order valence-electron chi connectivity index (χ1n) is 9.17. The fourth-order valence-electron chi connectivity index (χ4n) is 3.00. The van der Waals surface area contributed by atoms with E-state index in [1.807, 2.05) is 25.7 Å². The van der Waals surface area contributed by atoms with Crippen molar-refractivity contribution in [1.82, 2.24) is 20.1 Å². The first-order valence-corrected chi connectivity index (χ1v) is 9.99. The Morgan fingerprint density at radius 1 is 1.24 bits per heavy atom. The lowest BCUT2D eigenvalue weighted by molar-refractivity contribution is -0.135. The molecule has 0 aliphatic carbocycles. The molecule has 2 heterocycles. The molecular formula is C18H31N5OS. The molecule has 1 amide bonds. The van der Waals surface area contributed by atoms with Crippen LogP contribution in [0.5, 0.6) is 0 Å². The normalized spacial score (nSPS) is 15.8. The van der Waals surface area contributed by atoms with Crippen molar-refractivity contribution in [2.24, 2.45) is 10.9 Å². The molecule has 1 aromatic rings. The second-order valence-electron chi connectivity index (χ2n) is 6.69. The number of amides is 1. The summed E-state index contributed by atoms with van der Waals surface area (Å²) in [6, 6.07) is 0. The molecule has 1 N–H and O–H groups in total. The van der Waals surface area contributed by atoms with Gasteiger partial charge in [-0.1, -0.05) is 13.8 Å². The molecule has 0 unspecified atom stereocenters. The molecule has 6 nitrogen and oxygen atoms in total. The number of aliphatic imine (C=N–C) groups is 1. The van der Waals surface area contributed by atoms with Gasteiger partial charge in [0.05, 0.1) is 10.7 Å². The summed E-state index contributed by atoms with van der Waals surface area (Å²) in [6.45, 7) is 15.0. The molecule has 0 bridgehead atoms. The third-order valence-corrected chi connectivity index (χ3v) is 5.45.